The highest BCUT2D eigenvalue weighted by molar-refractivity contribution is 4.81. The molecular weight excluding hydrogens is 136 g/mol. The van der Waals surface area contributed by atoms with Crippen LogP contribution in [0.25, 0.3) is 0 Å². The molecule has 66 valence electrons. The van der Waals surface area contributed by atoms with Crippen molar-refractivity contribution in [1.29, 1.82) is 0 Å². The molecule has 11 heavy (non-hydrogen) atoms. The highest BCUT2D eigenvalue weighted by Crippen LogP contribution is 2.34. The molecule has 0 amide bonds. The lowest BCUT2D eigenvalue weighted by molar-refractivity contribution is -0.0285. The molecular formula is C10H20O. The number of hydrogen-bond acceptors (Lipinski definition) is 1. The van der Waals surface area contributed by atoms with Gasteiger partial charge in [0.05, 0.1) is 6.10 Å². The summed E-state index contributed by atoms with van der Waals surface area (Å²) >= 11 is 0. The van der Waals surface area contributed by atoms with Gasteiger partial charge >= 0.3 is 0 Å². The molecule has 0 aromatic rings. The lowest BCUT2D eigenvalue weighted by Gasteiger charge is -2.37. The van der Waals surface area contributed by atoms with Crippen LogP contribution in [-0.2, 0) is 4.74 Å². The van der Waals surface area contributed by atoms with Crippen LogP contribution in [-0.4, -0.2) is 13.2 Å². The fourth-order valence-electron chi connectivity index (χ4n) is 2.24. The summed E-state index contributed by atoms with van der Waals surface area (Å²) < 4.78 is 5.49. The summed E-state index contributed by atoms with van der Waals surface area (Å²) in [5.41, 5.74) is 0. The molecule has 4 atom stereocenters. The average molecular weight is 156 g/mol. The van der Waals surface area contributed by atoms with E-state index >= 15 is 0 Å². The van der Waals surface area contributed by atoms with Crippen molar-refractivity contribution < 1.29 is 4.74 Å². The monoisotopic (exact) mass is 156 g/mol. The van der Waals surface area contributed by atoms with Crippen molar-refractivity contribution in [2.24, 2.45) is 17.8 Å². The smallest absolute Gasteiger partial charge is 0.0624 e. The maximum atomic E-state index is 5.49. The minimum absolute atomic E-state index is 0.499. The van der Waals surface area contributed by atoms with Gasteiger partial charge in [-0.3, -0.25) is 0 Å². The molecule has 0 bridgehead atoms. The number of methoxy groups -OCH3 is 1. The second-order valence-corrected chi connectivity index (χ2v) is 4.09. The standard InChI is InChI=1S/C10H20O/c1-7-5-6-8(2)10(11-4)9(7)3/h7-10H,5-6H2,1-4H3. The third kappa shape index (κ3) is 1.76. The molecule has 1 nitrogen and oxygen atoms in total. The molecule has 1 aliphatic carbocycles. The molecule has 0 N–H and O–H groups in total. The molecule has 1 rings (SSSR count). The highest BCUT2D eigenvalue weighted by atomic mass is 16.5. The Balaban J connectivity index is 2.55. The highest BCUT2D eigenvalue weighted by Gasteiger charge is 2.31. The Bertz CT molecular complexity index is 122. The summed E-state index contributed by atoms with van der Waals surface area (Å²) in [6.07, 6.45) is 3.21. The van der Waals surface area contributed by atoms with Crippen molar-refractivity contribution in [1.82, 2.24) is 0 Å². The zero-order chi connectivity index (χ0) is 8.43. The quantitative estimate of drug-likeness (QED) is 0.567. The first-order valence-electron chi connectivity index (χ1n) is 4.69. The molecule has 0 spiro atoms. The maximum Gasteiger partial charge on any atom is 0.0624 e. The van der Waals surface area contributed by atoms with Crippen LogP contribution >= 0.6 is 0 Å². The number of rotatable bonds is 1. The minimum atomic E-state index is 0.499. The Hall–Kier alpha value is -0.0400. The second-order valence-electron chi connectivity index (χ2n) is 4.09. The Morgan fingerprint density at radius 1 is 1.00 bits per heavy atom. The molecule has 0 radical (unpaired) electrons. The van der Waals surface area contributed by atoms with Gasteiger partial charge in [0.1, 0.15) is 0 Å². The molecule has 0 aliphatic heterocycles. The van der Waals surface area contributed by atoms with Crippen molar-refractivity contribution >= 4 is 0 Å². The van der Waals surface area contributed by atoms with Crippen molar-refractivity contribution in [3.8, 4) is 0 Å². The van der Waals surface area contributed by atoms with E-state index in [2.05, 4.69) is 20.8 Å². The van der Waals surface area contributed by atoms with Crippen molar-refractivity contribution in [3.63, 3.8) is 0 Å². The SMILES string of the molecule is COC1C(C)CCC(C)C1C. The van der Waals surface area contributed by atoms with Crippen molar-refractivity contribution in [2.45, 2.75) is 39.7 Å². The molecule has 0 aromatic carbocycles. The molecule has 0 aromatic heterocycles. The van der Waals surface area contributed by atoms with Crippen LogP contribution in [0.3, 0.4) is 0 Å². The van der Waals surface area contributed by atoms with Crippen LogP contribution in [0.1, 0.15) is 33.6 Å². The Labute approximate surface area is 70.1 Å². The first-order chi connectivity index (χ1) is 5.16. The predicted molar refractivity (Wildman–Crippen MR) is 47.5 cm³/mol. The zero-order valence-corrected chi connectivity index (χ0v) is 8.13. The van der Waals surface area contributed by atoms with Crippen LogP contribution in [0.15, 0.2) is 0 Å². The first kappa shape index (κ1) is 9.05. The van der Waals surface area contributed by atoms with E-state index in [-0.39, 0.29) is 0 Å². The molecule has 0 saturated heterocycles. The van der Waals surface area contributed by atoms with Gasteiger partial charge in [0.25, 0.3) is 0 Å². The molecule has 1 heteroatoms. The maximum absolute atomic E-state index is 5.49. The van der Waals surface area contributed by atoms with E-state index in [0.717, 1.165) is 17.8 Å². The number of hydrogen-bond donors (Lipinski definition) is 0. The average Bonchev–Trinajstić information content (AvgIpc) is 1.99. The van der Waals surface area contributed by atoms with Crippen LogP contribution in [0, 0.1) is 17.8 Å². The van der Waals surface area contributed by atoms with E-state index in [1.807, 2.05) is 7.11 Å². The van der Waals surface area contributed by atoms with Gasteiger partial charge in [0, 0.05) is 7.11 Å². The fourth-order valence-corrected chi connectivity index (χ4v) is 2.24. The molecule has 0 heterocycles. The van der Waals surface area contributed by atoms with Gasteiger partial charge in [-0.05, 0) is 24.2 Å². The Morgan fingerprint density at radius 2 is 1.55 bits per heavy atom. The van der Waals surface area contributed by atoms with Gasteiger partial charge in [0.2, 0.25) is 0 Å². The summed E-state index contributed by atoms with van der Waals surface area (Å²) in [6, 6.07) is 0. The molecule has 1 aliphatic rings. The first-order valence-corrected chi connectivity index (χ1v) is 4.69. The Kier molecular flexibility index (Phi) is 2.94. The van der Waals surface area contributed by atoms with Gasteiger partial charge in [0.15, 0.2) is 0 Å². The third-order valence-electron chi connectivity index (χ3n) is 3.33. The largest absolute Gasteiger partial charge is 0.381 e. The van der Waals surface area contributed by atoms with Crippen molar-refractivity contribution in [3.05, 3.63) is 0 Å². The summed E-state index contributed by atoms with van der Waals surface area (Å²) in [7, 11) is 1.84. The Morgan fingerprint density at radius 3 is 2.00 bits per heavy atom. The fraction of sp³-hybridized carbons (Fsp3) is 1.00. The summed E-state index contributed by atoms with van der Waals surface area (Å²) in [6.45, 7) is 6.95. The number of ether oxygens (including phenoxy) is 1. The van der Waals surface area contributed by atoms with Crippen LogP contribution in [0.4, 0.5) is 0 Å². The molecule has 1 saturated carbocycles. The zero-order valence-electron chi connectivity index (χ0n) is 8.13. The van der Waals surface area contributed by atoms with Gasteiger partial charge < -0.3 is 4.74 Å². The van der Waals surface area contributed by atoms with E-state index < -0.39 is 0 Å². The summed E-state index contributed by atoms with van der Waals surface area (Å²) in [5.74, 6) is 2.34. The van der Waals surface area contributed by atoms with E-state index in [1.54, 1.807) is 0 Å². The van der Waals surface area contributed by atoms with Gasteiger partial charge in [-0.15, -0.1) is 0 Å². The normalized spacial score (nSPS) is 45.8. The van der Waals surface area contributed by atoms with Crippen molar-refractivity contribution in [2.75, 3.05) is 7.11 Å². The predicted octanol–water partition coefficient (Wildman–Crippen LogP) is 2.70. The van der Waals surface area contributed by atoms with Gasteiger partial charge in [-0.25, -0.2) is 0 Å². The van der Waals surface area contributed by atoms with Crippen LogP contribution in [0.5, 0.6) is 0 Å². The topological polar surface area (TPSA) is 9.23 Å². The van der Waals surface area contributed by atoms with Crippen LogP contribution < -0.4 is 0 Å². The third-order valence-corrected chi connectivity index (χ3v) is 3.33. The second kappa shape index (κ2) is 3.57. The minimum Gasteiger partial charge on any atom is -0.381 e. The molecule has 4 unspecified atom stereocenters. The van der Waals surface area contributed by atoms with E-state index in [9.17, 15) is 0 Å². The summed E-state index contributed by atoms with van der Waals surface area (Å²) in [4.78, 5) is 0. The van der Waals surface area contributed by atoms with Crippen LogP contribution in [0.2, 0.25) is 0 Å². The van der Waals surface area contributed by atoms with Gasteiger partial charge in [-0.1, -0.05) is 27.2 Å². The van der Waals surface area contributed by atoms with Gasteiger partial charge in [-0.2, -0.15) is 0 Å². The molecule has 1 fully saturated rings. The lowest BCUT2D eigenvalue weighted by atomic mass is 9.74. The summed E-state index contributed by atoms with van der Waals surface area (Å²) in [5, 5.41) is 0. The van der Waals surface area contributed by atoms with E-state index in [4.69, 9.17) is 4.74 Å². The lowest BCUT2D eigenvalue weighted by Crippen LogP contribution is -2.36. The van der Waals surface area contributed by atoms with E-state index in [0.29, 0.717) is 6.10 Å². The van der Waals surface area contributed by atoms with E-state index in [1.165, 1.54) is 12.8 Å².